The summed E-state index contributed by atoms with van der Waals surface area (Å²) in [7, 11) is 0. The molecule has 0 spiro atoms. The van der Waals surface area contributed by atoms with Gasteiger partial charge < -0.3 is 10.4 Å². The number of carboxylic acids is 1. The van der Waals surface area contributed by atoms with E-state index in [4.69, 9.17) is 5.11 Å². The molecule has 1 amide bonds. The molecule has 1 aromatic heterocycles. The maximum absolute atomic E-state index is 12.9. The van der Waals surface area contributed by atoms with Gasteiger partial charge in [0.15, 0.2) is 5.69 Å². The molecule has 1 aromatic carbocycles. The minimum atomic E-state index is -0.875. The average Bonchev–Trinajstić information content (AvgIpc) is 3.15. The summed E-state index contributed by atoms with van der Waals surface area (Å²) >= 11 is 0. The molecule has 0 saturated heterocycles. The smallest absolute Gasteiger partial charge is 0.305 e. The zero-order chi connectivity index (χ0) is 18.3. The van der Waals surface area contributed by atoms with Crippen LogP contribution in [-0.4, -0.2) is 32.3 Å². The molecule has 2 aliphatic rings. The van der Waals surface area contributed by atoms with Gasteiger partial charge in [-0.25, -0.2) is 4.68 Å². The van der Waals surface area contributed by atoms with Gasteiger partial charge in [0.25, 0.3) is 5.91 Å². The lowest BCUT2D eigenvalue weighted by molar-refractivity contribution is -0.139. The van der Waals surface area contributed by atoms with E-state index in [0.29, 0.717) is 18.5 Å². The number of aliphatic carboxylic acids is 1. The number of carbonyl (C=O) groups excluding carboxylic acids is 1. The fraction of sp³-hybridized carbons (Fsp3) is 0.450. The van der Waals surface area contributed by atoms with Crippen molar-refractivity contribution in [1.82, 2.24) is 15.1 Å². The number of benzene rings is 1. The lowest BCUT2D eigenvalue weighted by Gasteiger charge is -2.41. The summed E-state index contributed by atoms with van der Waals surface area (Å²) in [6, 6.07) is 8.10. The summed E-state index contributed by atoms with van der Waals surface area (Å²) in [5.41, 5.74) is 4.08. The molecule has 6 heteroatoms. The predicted molar refractivity (Wildman–Crippen MR) is 96.6 cm³/mol. The molecule has 6 nitrogen and oxygen atoms in total. The van der Waals surface area contributed by atoms with Crippen LogP contribution in [0.5, 0.6) is 0 Å². The van der Waals surface area contributed by atoms with Crippen LogP contribution in [0.1, 0.15) is 59.4 Å². The molecule has 136 valence electrons. The van der Waals surface area contributed by atoms with Gasteiger partial charge in [0.1, 0.15) is 0 Å². The van der Waals surface area contributed by atoms with Gasteiger partial charge in [-0.1, -0.05) is 17.7 Å². The highest BCUT2D eigenvalue weighted by molar-refractivity contribution is 5.95. The van der Waals surface area contributed by atoms with Gasteiger partial charge in [0.2, 0.25) is 0 Å². The van der Waals surface area contributed by atoms with Gasteiger partial charge in [-0.15, -0.1) is 0 Å². The van der Waals surface area contributed by atoms with E-state index in [1.165, 1.54) is 5.56 Å². The number of aromatic nitrogens is 2. The summed E-state index contributed by atoms with van der Waals surface area (Å²) in [5.74, 6) is -1.12. The van der Waals surface area contributed by atoms with Crippen LogP contribution in [0.3, 0.4) is 0 Å². The minimum Gasteiger partial charge on any atom is -0.481 e. The molecular formula is C20H23N3O3. The first-order valence-corrected chi connectivity index (χ1v) is 9.20. The first-order valence-electron chi connectivity index (χ1n) is 9.20. The van der Waals surface area contributed by atoms with Gasteiger partial charge in [-0.05, 0) is 57.6 Å². The molecule has 2 N–H and O–H groups in total. The number of nitrogens with zero attached hydrogens (tertiary/aromatic N) is 2. The third-order valence-electron chi connectivity index (χ3n) is 5.60. The minimum absolute atomic E-state index is 0.0282. The number of amides is 1. The van der Waals surface area contributed by atoms with E-state index in [0.717, 1.165) is 42.6 Å². The van der Waals surface area contributed by atoms with Crippen molar-refractivity contribution < 1.29 is 14.7 Å². The highest BCUT2D eigenvalue weighted by atomic mass is 16.4. The van der Waals surface area contributed by atoms with E-state index < -0.39 is 11.5 Å². The SMILES string of the molecule is Cc1ccc(-n2nc(C(=O)NC3(CC(=O)O)CCC3)c3c2CCC3)cc1. The number of hydrogen-bond acceptors (Lipinski definition) is 3. The molecule has 1 saturated carbocycles. The van der Waals surface area contributed by atoms with Crippen molar-refractivity contribution in [1.29, 1.82) is 0 Å². The van der Waals surface area contributed by atoms with Gasteiger partial charge in [0.05, 0.1) is 17.6 Å². The Hall–Kier alpha value is -2.63. The highest BCUT2D eigenvalue weighted by Gasteiger charge is 2.41. The molecule has 0 aliphatic heterocycles. The van der Waals surface area contributed by atoms with Crippen molar-refractivity contribution in [3.63, 3.8) is 0 Å². The maximum atomic E-state index is 12.9. The number of rotatable bonds is 5. The molecule has 0 atom stereocenters. The number of carbonyl (C=O) groups is 2. The molecular weight excluding hydrogens is 330 g/mol. The molecule has 0 bridgehead atoms. The van der Waals surface area contributed by atoms with E-state index >= 15 is 0 Å². The summed E-state index contributed by atoms with van der Waals surface area (Å²) in [6.07, 6.45) is 5.11. The van der Waals surface area contributed by atoms with Gasteiger partial charge in [0, 0.05) is 11.3 Å². The number of fused-ring (bicyclic) bond motifs is 1. The average molecular weight is 353 g/mol. The number of aryl methyl sites for hydroxylation is 1. The Kier molecular flexibility index (Phi) is 4.05. The summed E-state index contributed by atoms with van der Waals surface area (Å²) in [6.45, 7) is 2.04. The van der Waals surface area contributed by atoms with E-state index in [2.05, 4.69) is 10.4 Å². The van der Waals surface area contributed by atoms with Crippen LogP contribution in [0.25, 0.3) is 5.69 Å². The van der Waals surface area contributed by atoms with E-state index in [9.17, 15) is 9.59 Å². The van der Waals surface area contributed by atoms with Crippen molar-refractivity contribution in [3.8, 4) is 5.69 Å². The third-order valence-corrected chi connectivity index (χ3v) is 5.60. The second kappa shape index (κ2) is 6.27. The summed E-state index contributed by atoms with van der Waals surface area (Å²) in [5, 5.41) is 16.8. The van der Waals surface area contributed by atoms with Gasteiger partial charge >= 0.3 is 5.97 Å². The molecule has 26 heavy (non-hydrogen) atoms. The quantitative estimate of drug-likeness (QED) is 0.866. The lowest BCUT2D eigenvalue weighted by Crippen LogP contribution is -2.54. The fourth-order valence-corrected chi connectivity index (χ4v) is 4.06. The van der Waals surface area contributed by atoms with Crippen molar-refractivity contribution >= 4 is 11.9 Å². The van der Waals surface area contributed by atoms with Crippen LogP contribution in [0.2, 0.25) is 0 Å². The summed E-state index contributed by atoms with van der Waals surface area (Å²) in [4.78, 5) is 24.1. The van der Waals surface area contributed by atoms with E-state index in [1.807, 2.05) is 35.9 Å². The Balaban J connectivity index is 1.65. The predicted octanol–water partition coefficient (Wildman–Crippen LogP) is 2.80. The topological polar surface area (TPSA) is 84.2 Å². The monoisotopic (exact) mass is 353 g/mol. The first kappa shape index (κ1) is 16.8. The largest absolute Gasteiger partial charge is 0.481 e. The van der Waals surface area contributed by atoms with Crippen LogP contribution < -0.4 is 5.32 Å². The Labute approximate surface area is 152 Å². The Bertz CT molecular complexity index is 863. The van der Waals surface area contributed by atoms with Crippen LogP contribution in [0.15, 0.2) is 24.3 Å². The normalized spacial score (nSPS) is 17.4. The third kappa shape index (κ3) is 2.89. The van der Waals surface area contributed by atoms with Crippen molar-refractivity contribution in [2.24, 2.45) is 0 Å². The van der Waals surface area contributed by atoms with Crippen molar-refractivity contribution in [2.75, 3.05) is 0 Å². The first-order chi connectivity index (χ1) is 12.5. The lowest BCUT2D eigenvalue weighted by atomic mass is 9.74. The number of nitrogens with one attached hydrogen (secondary N) is 1. The van der Waals surface area contributed by atoms with Crippen molar-refractivity contribution in [2.45, 2.75) is 57.4 Å². The number of carboxylic acid groups (broad SMARTS) is 1. The molecule has 2 aromatic rings. The molecule has 1 heterocycles. The zero-order valence-electron chi connectivity index (χ0n) is 14.9. The van der Waals surface area contributed by atoms with E-state index in [1.54, 1.807) is 0 Å². The van der Waals surface area contributed by atoms with Crippen molar-refractivity contribution in [3.05, 3.63) is 46.8 Å². The highest BCUT2D eigenvalue weighted by Crippen LogP contribution is 2.36. The second-order valence-electron chi connectivity index (χ2n) is 7.53. The van der Waals surface area contributed by atoms with Crippen LogP contribution in [0.4, 0.5) is 0 Å². The second-order valence-corrected chi connectivity index (χ2v) is 7.53. The summed E-state index contributed by atoms with van der Waals surface area (Å²) < 4.78 is 1.88. The Morgan fingerprint density at radius 1 is 1.19 bits per heavy atom. The number of hydrogen-bond donors (Lipinski definition) is 2. The fourth-order valence-electron chi connectivity index (χ4n) is 4.06. The zero-order valence-corrected chi connectivity index (χ0v) is 14.9. The van der Waals surface area contributed by atoms with Gasteiger partial charge in [-0.2, -0.15) is 5.10 Å². The molecule has 4 rings (SSSR count). The van der Waals surface area contributed by atoms with Gasteiger partial charge in [-0.3, -0.25) is 9.59 Å². The Morgan fingerprint density at radius 2 is 1.92 bits per heavy atom. The molecule has 2 aliphatic carbocycles. The molecule has 1 fully saturated rings. The van der Waals surface area contributed by atoms with Crippen LogP contribution >= 0.6 is 0 Å². The maximum Gasteiger partial charge on any atom is 0.305 e. The van der Waals surface area contributed by atoms with Crippen LogP contribution in [-0.2, 0) is 17.6 Å². The standard InChI is InChI=1S/C20H23N3O3/c1-13-6-8-14(9-7-13)23-16-5-2-4-15(16)18(22-23)19(26)21-20(10-3-11-20)12-17(24)25/h6-9H,2-5,10-12H2,1H3,(H,21,26)(H,24,25). The van der Waals surface area contributed by atoms with Crippen LogP contribution in [0, 0.1) is 6.92 Å². The Morgan fingerprint density at radius 3 is 2.54 bits per heavy atom. The van der Waals surface area contributed by atoms with E-state index in [-0.39, 0.29) is 12.3 Å². The molecule has 0 unspecified atom stereocenters. The molecule has 0 radical (unpaired) electrons.